The van der Waals surface area contributed by atoms with Crippen molar-refractivity contribution in [2.45, 2.75) is 6.92 Å². The highest BCUT2D eigenvalue weighted by Gasteiger charge is 2.15. The summed E-state index contributed by atoms with van der Waals surface area (Å²) in [6.07, 6.45) is 1.26. The lowest BCUT2D eigenvalue weighted by molar-refractivity contribution is 0.0601. The Kier molecular flexibility index (Phi) is 5.94. The number of anilines is 3. The van der Waals surface area contributed by atoms with E-state index in [2.05, 4.69) is 20.6 Å². The van der Waals surface area contributed by atoms with E-state index in [4.69, 9.17) is 4.74 Å². The molecule has 1 amide bonds. The molecule has 8 nitrogen and oxygen atoms in total. The SMILES string of the molecule is COC(=O)c1ccccc1NC(=O)c1cc(Nc2ccc(C(C)=O)cc2)ncn1. The van der Waals surface area contributed by atoms with E-state index in [1.807, 2.05) is 0 Å². The molecule has 3 aromatic rings. The smallest absolute Gasteiger partial charge is 0.339 e. The van der Waals surface area contributed by atoms with Crippen LogP contribution in [0.25, 0.3) is 0 Å². The molecule has 3 rings (SSSR count). The van der Waals surface area contributed by atoms with Gasteiger partial charge in [0, 0.05) is 17.3 Å². The zero-order valence-electron chi connectivity index (χ0n) is 15.8. The van der Waals surface area contributed by atoms with Crippen molar-refractivity contribution in [3.05, 3.63) is 77.7 Å². The first-order chi connectivity index (χ1) is 14.0. The van der Waals surface area contributed by atoms with Crippen LogP contribution in [0.15, 0.2) is 60.9 Å². The first-order valence-electron chi connectivity index (χ1n) is 8.66. The lowest BCUT2D eigenvalue weighted by atomic mass is 10.1. The number of Topliss-reactive ketones (excluding diaryl/α,β-unsaturated/α-hetero) is 1. The summed E-state index contributed by atoms with van der Waals surface area (Å²) >= 11 is 0. The maximum Gasteiger partial charge on any atom is 0.339 e. The summed E-state index contributed by atoms with van der Waals surface area (Å²) < 4.78 is 4.73. The second-order valence-electron chi connectivity index (χ2n) is 6.04. The van der Waals surface area contributed by atoms with Crippen molar-refractivity contribution in [1.82, 2.24) is 9.97 Å². The standard InChI is InChI=1S/C21H18N4O4/c1-13(26)14-7-9-15(10-8-14)24-19-11-18(22-12-23-19)20(27)25-17-6-4-3-5-16(17)21(28)29-2/h3-12H,1-2H3,(H,25,27)(H,22,23,24). The zero-order valence-corrected chi connectivity index (χ0v) is 15.8. The molecule has 1 heterocycles. The second-order valence-corrected chi connectivity index (χ2v) is 6.04. The third-order valence-electron chi connectivity index (χ3n) is 4.04. The predicted molar refractivity (Wildman–Crippen MR) is 107 cm³/mol. The number of esters is 1. The molecule has 29 heavy (non-hydrogen) atoms. The molecule has 0 aliphatic rings. The monoisotopic (exact) mass is 390 g/mol. The first kappa shape index (κ1) is 19.7. The molecule has 1 aromatic heterocycles. The van der Waals surface area contributed by atoms with Gasteiger partial charge in [-0.2, -0.15) is 0 Å². The molecule has 0 saturated heterocycles. The van der Waals surface area contributed by atoms with Crippen LogP contribution in [0.2, 0.25) is 0 Å². The molecule has 0 spiro atoms. The van der Waals surface area contributed by atoms with E-state index in [1.54, 1.807) is 48.5 Å². The lowest BCUT2D eigenvalue weighted by Gasteiger charge is -2.10. The Morgan fingerprint density at radius 1 is 0.966 bits per heavy atom. The number of methoxy groups -OCH3 is 1. The highest BCUT2D eigenvalue weighted by molar-refractivity contribution is 6.07. The van der Waals surface area contributed by atoms with Crippen LogP contribution in [0.1, 0.15) is 38.1 Å². The summed E-state index contributed by atoms with van der Waals surface area (Å²) in [5, 5.41) is 5.71. The summed E-state index contributed by atoms with van der Waals surface area (Å²) in [5.74, 6) is -0.676. The molecule has 146 valence electrons. The minimum absolute atomic E-state index is 0.0234. The Hall–Kier alpha value is -4.07. The molecule has 2 aromatic carbocycles. The highest BCUT2D eigenvalue weighted by Crippen LogP contribution is 2.19. The number of benzene rings is 2. The van der Waals surface area contributed by atoms with E-state index in [0.717, 1.165) is 0 Å². The summed E-state index contributed by atoms with van der Waals surface area (Å²) in [6, 6.07) is 14.9. The fraction of sp³-hybridized carbons (Fsp3) is 0.0952. The maximum atomic E-state index is 12.6. The van der Waals surface area contributed by atoms with Gasteiger partial charge in [0.1, 0.15) is 17.8 Å². The van der Waals surface area contributed by atoms with Crippen molar-refractivity contribution in [1.29, 1.82) is 0 Å². The van der Waals surface area contributed by atoms with Gasteiger partial charge in [0.25, 0.3) is 5.91 Å². The second kappa shape index (κ2) is 8.75. The number of ether oxygens (including phenoxy) is 1. The van der Waals surface area contributed by atoms with Gasteiger partial charge in [0.2, 0.25) is 0 Å². The number of nitrogens with zero attached hydrogens (tertiary/aromatic N) is 2. The molecular weight excluding hydrogens is 372 g/mol. The van der Waals surface area contributed by atoms with Gasteiger partial charge in [-0.15, -0.1) is 0 Å². The molecular formula is C21H18N4O4. The molecule has 8 heteroatoms. The number of hydrogen-bond acceptors (Lipinski definition) is 7. The minimum atomic E-state index is -0.556. The number of nitrogens with one attached hydrogen (secondary N) is 2. The Morgan fingerprint density at radius 2 is 1.69 bits per heavy atom. The van der Waals surface area contributed by atoms with Crippen LogP contribution >= 0.6 is 0 Å². The van der Waals surface area contributed by atoms with E-state index < -0.39 is 11.9 Å². The average molecular weight is 390 g/mol. The van der Waals surface area contributed by atoms with Gasteiger partial charge < -0.3 is 15.4 Å². The number of rotatable bonds is 6. The van der Waals surface area contributed by atoms with Crippen LogP contribution in [-0.2, 0) is 4.74 Å². The Labute approximate surface area is 167 Å². The van der Waals surface area contributed by atoms with E-state index in [9.17, 15) is 14.4 Å². The Morgan fingerprint density at radius 3 is 2.38 bits per heavy atom. The summed E-state index contributed by atoms with van der Waals surface area (Å²) in [6.45, 7) is 1.50. The Balaban J connectivity index is 1.76. The predicted octanol–water partition coefficient (Wildman–Crippen LogP) is 3.46. The molecule has 0 radical (unpaired) electrons. The number of ketones is 1. The van der Waals surface area contributed by atoms with Gasteiger partial charge >= 0.3 is 5.97 Å². The molecule has 0 aliphatic carbocycles. The third kappa shape index (κ3) is 4.81. The number of carbonyl (C=O) groups is 3. The summed E-state index contributed by atoms with van der Waals surface area (Å²) in [7, 11) is 1.27. The molecule has 0 fully saturated rings. The quantitative estimate of drug-likeness (QED) is 0.490. The van der Waals surface area contributed by atoms with Crippen molar-refractivity contribution in [2.75, 3.05) is 17.7 Å². The van der Waals surface area contributed by atoms with Crippen LogP contribution in [0.5, 0.6) is 0 Å². The fourth-order valence-corrected chi connectivity index (χ4v) is 2.55. The van der Waals surface area contributed by atoms with Gasteiger partial charge in [-0.25, -0.2) is 14.8 Å². The van der Waals surface area contributed by atoms with Crippen molar-refractivity contribution in [3.63, 3.8) is 0 Å². The number of para-hydroxylation sites is 1. The molecule has 0 bridgehead atoms. The zero-order chi connectivity index (χ0) is 20.8. The third-order valence-corrected chi connectivity index (χ3v) is 4.04. The van der Waals surface area contributed by atoms with Crippen molar-refractivity contribution < 1.29 is 19.1 Å². The van der Waals surface area contributed by atoms with Crippen LogP contribution in [0, 0.1) is 0 Å². The maximum absolute atomic E-state index is 12.6. The average Bonchev–Trinajstić information content (AvgIpc) is 2.74. The van der Waals surface area contributed by atoms with Crippen LogP contribution in [0.4, 0.5) is 17.2 Å². The van der Waals surface area contributed by atoms with Gasteiger partial charge in [-0.3, -0.25) is 9.59 Å². The molecule has 2 N–H and O–H groups in total. The molecule has 0 aliphatic heterocycles. The largest absolute Gasteiger partial charge is 0.465 e. The molecule has 0 unspecified atom stereocenters. The molecule has 0 saturated carbocycles. The highest BCUT2D eigenvalue weighted by atomic mass is 16.5. The van der Waals surface area contributed by atoms with Crippen molar-refractivity contribution >= 4 is 34.9 Å². The van der Waals surface area contributed by atoms with Gasteiger partial charge in [-0.05, 0) is 43.3 Å². The normalized spacial score (nSPS) is 10.1. The van der Waals surface area contributed by atoms with E-state index >= 15 is 0 Å². The number of hydrogen-bond donors (Lipinski definition) is 2. The number of amides is 1. The van der Waals surface area contributed by atoms with Gasteiger partial charge in [0.15, 0.2) is 5.78 Å². The van der Waals surface area contributed by atoms with Crippen molar-refractivity contribution in [3.8, 4) is 0 Å². The van der Waals surface area contributed by atoms with Gasteiger partial charge in [-0.1, -0.05) is 12.1 Å². The number of aromatic nitrogens is 2. The topological polar surface area (TPSA) is 110 Å². The van der Waals surface area contributed by atoms with E-state index in [-0.39, 0.29) is 17.0 Å². The van der Waals surface area contributed by atoms with E-state index in [0.29, 0.717) is 22.8 Å². The first-order valence-corrected chi connectivity index (χ1v) is 8.66. The Bertz CT molecular complexity index is 1060. The van der Waals surface area contributed by atoms with E-state index in [1.165, 1.54) is 26.4 Å². The van der Waals surface area contributed by atoms with Crippen LogP contribution in [-0.4, -0.2) is 34.7 Å². The fourth-order valence-electron chi connectivity index (χ4n) is 2.55. The van der Waals surface area contributed by atoms with Crippen LogP contribution < -0.4 is 10.6 Å². The lowest BCUT2D eigenvalue weighted by Crippen LogP contribution is -2.17. The van der Waals surface area contributed by atoms with Crippen LogP contribution in [0.3, 0.4) is 0 Å². The summed E-state index contributed by atoms with van der Waals surface area (Å²) in [4.78, 5) is 43.9. The van der Waals surface area contributed by atoms with Crippen molar-refractivity contribution in [2.24, 2.45) is 0 Å². The molecule has 0 atom stereocenters. The van der Waals surface area contributed by atoms with Gasteiger partial charge in [0.05, 0.1) is 18.4 Å². The minimum Gasteiger partial charge on any atom is -0.465 e. The summed E-state index contributed by atoms with van der Waals surface area (Å²) in [5.41, 5.74) is 1.97. The number of carbonyl (C=O) groups excluding carboxylic acids is 3.